The molecule has 3 rings (SSSR count). The fourth-order valence-electron chi connectivity index (χ4n) is 3.03. The second-order valence-electron chi connectivity index (χ2n) is 5.62. The van der Waals surface area contributed by atoms with E-state index in [9.17, 15) is 5.26 Å². The zero-order valence-electron chi connectivity index (χ0n) is 13.3. The first-order valence-electron chi connectivity index (χ1n) is 7.64. The van der Waals surface area contributed by atoms with Gasteiger partial charge in [0.1, 0.15) is 5.75 Å². The van der Waals surface area contributed by atoms with E-state index >= 15 is 0 Å². The van der Waals surface area contributed by atoms with Gasteiger partial charge in [-0.15, -0.1) is 0 Å². The van der Waals surface area contributed by atoms with Crippen molar-refractivity contribution in [1.82, 2.24) is 5.01 Å². The molecule has 0 amide bonds. The molecule has 0 spiro atoms. The van der Waals surface area contributed by atoms with Crippen LogP contribution in [0.25, 0.3) is 0 Å². The van der Waals surface area contributed by atoms with E-state index in [1.54, 1.807) is 7.11 Å². The van der Waals surface area contributed by atoms with Crippen molar-refractivity contribution in [2.75, 3.05) is 7.11 Å². The molecule has 116 valence electrons. The first-order chi connectivity index (χ1) is 11.2. The summed E-state index contributed by atoms with van der Waals surface area (Å²) in [6.07, 6.45) is 0.831. The molecule has 0 aliphatic carbocycles. The predicted octanol–water partition coefficient (Wildman–Crippen LogP) is 4.08. The highest BCUT2D eigenvalue weighted by atomic mass is 16.5. The van der Waals surface area contributed by atoms with Gasteiger partial charge in [-0.2, -0.15) is 10.4 Å². The summed E-state index contributed by atoms with van der Waals surface area (Å²) in [7, 11) is 1.63. The van der Waals surface area contributed by atoms with Crippen LogP contribution in [0.2, 0.25) is 0 Å². The quantitative estimate of drug-likeness (QED) is 0.855. The standard InChI is InChI=1S/C19H19N3O/c1-14-12-17(15-8-4-3-5-9-15)22(21-14)18(13-20)16-10-6-7-11-19(16)23-2/h3-11,17-18H,12H2,1-2H3/t17-,18-/m0/s1. The smallest absolute Gasteiger partial charge is 0.162 e. The highest BCUT2D eigenvalue weighted by Gasteiger charge is 2.33. The van der Waals surface area contributed by atoms with Crippen molar-refractivity contribution < 1.29 is 4.74 Å². The van der Waals surface area contributed by atoms with Crippen LogP contribution in [0, 0.1) is 11.3 Å². The van der Waals surface area contributed by atoms with Crippen LogP contribution in [-0.4, -0.2) is 17.8 Å². The predicted molar refractivity (Wildman–Crippen MR) is 90.1 cm³/mol. The summed E-state index contributed by atoms with van der Waals surface area (Å²) in [6.45, 7) is 2.01. The molecule has 2 aromatic carbocycles. The summed E-state index contributed by atoms with van der Waals surface area (Å²) in [5.74, 6) is 0.714. The minimum absolute atomic E-state index is 0.0748. The Morgan fingerprint density at radius 2 is 1.87 bits per heavy atom. The van der Waals surface area contributed by atoms with Crippen LogP contribution < -0.4 is 4.74 Å². The molecule has 1 heterocycles. The molecule has 4 nitrogen and oxygen atoms in total. The monoisotopic (exact) mass is 305 g/mol. The number of hydrogen-bond acceptors (Lipinski definition) is 4. The Morgan fingerprint density at radius 3 is 2.57 bits per heavy atom. The highest BCUT2D eigenvalue weighted by molar-refractivity contribution is 5.84. The lowest BCUT2D eigenvalue weighted by molar-refractivity contribution is 0.193. The molecule has 0 aromatic heterocycles. The highest BCUT2D eigenvalue weighted by Crippen LogP contribution is 2.39. The van der Waals surface area contributed by atoms with Crippen LogP contribution in [0.1, 0.15) is 36.6 Å². The molecule has 0 fully saturated rings. The Hall–Kier alpha value is -2.80. The van der Waals surface area contributed by atoms with Crippen molar-refractivity contribution in [2.45, 2.75) is 25.4 Å². The van der Waals surface area contributed by atoms with Crippen LogP contribution in [0.4, 0.5) is 0 Å². The first kappa shape index (κ1) is 15.1. The molecule has 0 unspecified atom stereocenters. The van der Waals surface area contributed by atoms with Gasteiger partial charge in [-0.05, 0) is 18.6 Å². The van der Waals surface area contributed by atoms with Crippen molar-refractivity contribution in [3.8, 4) is 11.8 Å². The van der Waals surface area contributed by atoms with Gasteiger partial charge in [0, 0.05) is 17.7 Å². The average Bonchev–Trinajstić information content (AvgIpc) is 2.98. The Bertz CT molecular complexity index is 749. The third-order valence-electron chi connectivity index (χ3n) is 4.10. The SMILES string of the molecule is COc1ccccc1[C@H](C#N)N1N=C(C)C[C@H]1c1ccccc1. The van der Waals surface area contributed by atoms with Crippen LogP contribution in [0.15, 0.2) is 59.7 Å². The Morgan fingerprint density at radius 1 is 1.17 bits per heavy atom. The number of ether oxygens (including phenoxy) is 1. The number of hydrazone groups is 1. The topological polar surface area (TPSA) is 48.6 Å². The number of nitrogens with zero attached hydrogens (tertiary/aromatic N) is 3. The van der Waals surface area contributed by atoms with Gasteiger partial charge in [-0.25, -0.2) is 0 Å². The molecule has 23 heavy (non-hydrogen) atoms. The normalized spacial score (nSPS) is 18.2. The Balaban J connectivity index is 2.01. The van der Waals surface area contributed by atoms with Gasteiger partial charge in [-0.3, -0.25) is 5.01 Å². The lowest BCUT2D eigenvalue weighted by Gasteiger charge is -2.29. The van der Waals surface area contributed by atoms with Gasteiger partial charge < -0.3 is 4.74 Å². The van der Waals surface area contributed by atoms with Crippen LogP contribution in [-0.2, 0) is 0 Å². The van der Waals surface area contributed by atoms with Crippen molar-refractivity contribution in [2.24, 2.45) is 5.10 Å². The molecule has 1 aliphatic rings. The zero-order chi connectivity index (χ0) is 16.2. The largest absolute Gasteiger partial charge is 0.496 e. The van der Waals surface area contributed by atoms with Crippen LogP contribution >= 0.6 is 0 Å². The molecule has 0 saturated heterocycles. The fourth-order valence-corrected chi connectivity index (χ4v) is 3.03. The van der Waals surface area contributed by atoms with E-state index in [1.807, 2.05) is 54.4 Å². The molecule has 1 aliphatic heterocycles. The number of para-hydroxylation sites is 1. The summed E-state index contributed by atoms with van der Waals surface area (Å²) < 4.78 is 5.43. The Labute approximate surface area is 136 Å². The number of nitriles is 1. The van der Waals surface area contributed by atoms with Gasteiger partial charge in [0.2, 0.25) is 0 Å². The third-order valence-corrected chi connectivity index (χ3v) is 4.10. The van der Waals surface area contributed by atoms with Crippen LogP contribution in [0.5, 0.6) is 5.75 Å². The lowest BCUT2D eigenvalue weighted by Crippen LogP contribution is -2.24. The summed E-state index contributed by atoms with van der Waals surface area (Å²) in [4.78, 5) is 0. The molecule has 0 saturated carbocycles. The minimum atomic E-state index is -0.478. The molecular weight excluding hydrogens is 286 g/mol. The van der Waals surface area contributed by atoms with Gasteiger partial charge in [0.15, 0.2) is 6.04 Å². The second kappa shape index (κ2) is 6.53. The lowest BCUT2D eigenvalue weighted by atomic mass is 9.99. The van der Waals surface area contributed by atoms with E-state index in [1.165, 1.54) is 5.56 Å². The third kappa shape index (κ3) is 2.91. The second-order valence-corrected chi connectivity index (χ2v) is 5.62. The first-order valence-corrected chi connectivity index (χ1v) is 7.64. The van der Waals surface area contributed by atoms with Gasteiger partial charge in [-0.1, -0.05) is 48.5 Å². The molecule has 2 atom stereocenters. The van der Waals surface area contributed by atoms with E-state index in [2.05, 4.69) is 23.3 Å². The van der Waals surface area contributed by atoms with Crippen molar-refractivity contribution in [3.63, 3.8) is 0 Å². The zero-order valence-corrected chi connectivity index (χ0v) is 13.3. The van der Waals surface area contributed by atoms with E-state index in [-0.39, 0.29) is 6.04 Å². The molecule has 0 radical (unpaired) electrons. The van der Waals surface area contributed by atoms with Gasteiger partial charge in [0.25, 0.3) is 0 Å². The summed E-state index contributed by atoms with van der Waals surface area (Å²) in [5, 5.41) is 16.3. The van der Waals surface area contributed by atoms with Crippen LogP contribution in [0.3, 0.4) is 0 Å². The average molecular weight is 305 g/mol. The minimum Gasteiger partial charge on any atom is -0.496 e. The van der Waals surface area contributed by atoms with E-state index in [0.29, 0.717) is 5.75 Å². The van der Waals surface area contributed by atoms with E-state index < -0.39 is 6.04 Å². The number of hydrogen-bond donors (Lipinski definition) is 0. The number of methoxy groups -OCH3 is 1. The maximum absolute atomic E-state index is 9.79. The molecule has 2 aromatic rings. The van der Waals surface area contributed by atoms with Crippen molar-refractivity contribution in [1.29, 1.82) is 5.26 Å². The Kier molecular flexibility index (Phi) is 4.29. The maximum Gasteiger partial charge on any atom is 0.162 e. The molecular formula is C19H19N3O. The number of benzene rings is 2. The van der Waals surface area contributed by atoms with E-state index in [4.69, 9.17) is 4.74 Å². The molecule has 4 heteroatoms. The van der Waals surface area contributed by atoms with Crippen molar-refractivity contribution >= 4 is 5.71 Å². The van der Waals surface area contributed by atoms with Gasteiger partial charge >= 0.3 is 0 Å². The summed E-state index contributed by atoms with van der Waals surface area (Å²) in [6, 6.07) is 19.8. The maximum atomic E-state index is 9.79. The van der Waals surface area contributed by atoms with Gasteiger partial charge in [0.05, 0.1) is 19.2 Å². The molecule has 0 bridgehead atoms. The number of rotatable bonds is 4. The van der Waals surface area contributed by atoms with Crippen molar-refractivity contribution in [3.05, 3.63) is 65.7 Å². The molecule has 0 N–H and O–H groups in total. The fraction of sp³-hybridized carbons (Fsp3) is 0.263. The van der Waals surface area contributed by atoms with E-state index in [0.717, 1.165) is 17.7 Å². The summed E-state index contributed by atoms with van der Waals surface area (Å²) in [5.41, 5.74) is 3.05. The summed E-state index contributed by atoms with van der Waals surface area (Å²) >= 11 is 0.